The molecule has 124 valence electrons. The Labute approximate surface area is 139 Å². The first-order chi connectivity index (χ1) is 10.8. The van der Waals surface area contributed by atoms with Gasteiger partial charge >= 0.3 is 6.09 Å². The lowest BCUT2D eigenvalue weighted by atomic mass is 10.1. The standard InChI is InChI=1S/C15H20ClN5O2/c1-15(2,3)23-14(22)20-6-4-10(5-7-20)21-12-9-17-13(16)8-11(12)18-19-21/h8-10H,4-7H2,1-3H3. The molecule has 0 N–H and O–H groups in total. The van der Waals surface area contributed by atoms with Crippen LogP contribution in [0.25, 0.3) is 11.0 Å². The lowest BCUT2D eigenvalue weighted by molar-refractivity contribution is 0.0185. The summed E-state index contributed by atoms with van der Waals surface area (Å²) in [6.07, 6.45) is 3.05. The van der Waals surface area contributed by atoms with Crippen LogP contribution >= 0.6 is 11.6 Å². The third kappa shape index (κ3) is 3.55. The van der Waals surface area contributed by atoms with Crippen molar-refractivity contribution in [3.63, 3.8) is 0 Å². The van der Waals surface area contributed by atoms with Crippen LogP contribution < -0.4 is 0 Å². The molecule has 7 nitrogen and oxygen atoms in total. The Balaban J connectivity index is 1.67. The zero-order valence-corrected chi connectivity index (χ0v) is 14.2. The molecule has 1 aliphatic heterocycles. The Morgan fingerprint density at radius 3 is 2.70 bits per heavy atom. The Morgan fingerprint density at radius 1 is 1.35 bits per heavy atom. The first-order valence-corrected chi connectivity index (χ1v) is 8.06. The molecule has 0 aliphatic carbocycles. The minimum absolute atomic E-state index is 0.196. The van der Waals surface area contributed by atoms with Crippen LogP contribution in [0.5, 0.6) is 0 Å². The number of hydrogen-bond acceptors (Lipinski definition) is 5. The number of pyridine rings is 1. The molecule has 2 aromatic heterocycles. The molecule has 0 radical (unpaired) electrons. The molecule has 1 fully saturated rings. The fourth-order valence-electron chi connectivity index (χ4n) is 2.70. The summed E-state index contributed by atoms with van der Waals surface area (Å²) in [4.78, 5) is 17.9. The predicted octanol–water partition coefficient (Wildman–Crippen LogP) is 3.05. The van der Waals surface area contributed by atoms with Crippen LogP contribution in [0.15, 0.2) is 12.3 Å². The number of nitrogens with zero attached hydrogens (tertiary/aromatic N) is 5. The number of aromatic nitrogens is 4. The van der Waals surface area contributed by atoms with Gasteiger partial charge < -0.3 is 9.64 Å². The van der Waals surface area contributed by atoms with Crippen molar-refractivity contribution in [2.45, 2.75) is 45.3 Å². The molecule has 0 atom stereocenters. The molecular formula is C15H20ClN5O2. The minimum atomic E-state index is -0.471. The molecule has 0 saturated carbocycles. The second-order valence-corrected chi connectivity index (χ2v) is 7.12. The van der Waals surface area contributed by atoms with E-state index in [1.54, 1.807) is 17.2 Å². The van der Waals surface area contributed by atoms with E-state index in [-0.39, 0.29) is 12.1 Å². The number of likely N-dealkylation sites (tertiary alicyclic amines) is 1. The number of halogens is 1. The summed E-state index contributed by atoms with van der Waals surface area (Å²) in [6.45, 7) is 6.90. The van der Waals surface area contributed by atoms with Crippen molar-refractivity contribution < 1.29 is 9.53 Å². The average molecular weight is 338 g/mol. The van der Waals surface area contributed by atoms with Crippen LogP contribution in [0, 0.1) is 0 Å². The summed E-state index contributed by atoms with van der Waals surface area (Å²) in [7, 11) is 0. The van der Waals surface area contributed by atoms with Crippen LogP contribution in [-0.4, -0.2) is 49.7 Å². The van der Waals surface area contributed by atoms with Crippen molar-refractivity contribution in [1.82, 2.24) is 24.9 Å². The van der Waals surface area contributed by atoms with Gasteiger partial charge in [0.1, 0.15) is 21.8 Å². The van der Waals surface area contributed by atoms with Crippen LogP contribution in [0.3, 0.4) is 0 Å². The average Bonchev–Trinajstić information content (AvgIpc) is 2.88. The van der Waals surface area contributed by atoms with Gasteiger partial charge in [0.15, 0.2) is 0 Å². The van der Waals surface area contributed by atoms with E-state index in [4.69, 9.17) is 16.3 Å². The maximum absolute atomic E-state index is 12.1. The van der Waals surface area contributed by atoms with Gasteiger partial charge in [0.2, 0.25) is 0 Å². The van der Waals surface area contributed by atoms with Gasteiger partial charge in [0.05, 0.1) is 12.2 Å². The van der Waals surface area contributed by atoms with Gasteiger partial charge in [-0.3, -0.25) is 0 Å². The highest BCUT2D eigenvalue weighted by Crippen LogP contribution is 2.26. The van der Waals surface area contributed by atoms with Crippen molar-refractivity contribution in [2.75, 3.05) is 13.1 Å². The second kappa shape index (κ2) is 5.96. The first kappa shape index (κ1) is 16.0. The smallest absolute Gasteiger partial charge is 0.410 e. The van der Waals surface area contributed by atoms with E-state index in [0.717, 1.165) is 23.9 Å². The maximum Gasteiger partial charge on any atom is 0.410 e. The number of carbonyl (C=O) groups is 1. The number of piperidine rings is 1. The molecule has 3 rings (SSSR count). The zero-order chi connectivity index (χ0) is 16.6. The van der Waals surface area contributed by atoms with Gasteiger partial charge in [-0.1, -0.05) is 16.8 Å². The number of amides is 1. The summed E-state index contributed by atoms with van der Waals surface area (Å²) in [5.41, 5.74) is 1.13. The second-order valence-electron chi connectivity index (χ2n) is 6.73. The lowest BCUT2D eigenvalue weighted by Gasteiger charge is -2.33. The van der Waals surface area contributed by atoms with Crippen LogP contribution in [0.4, 0.5) is 4.79 Å². The van der Waals surface area contributed by atoms with Gasteiger partial charge in [-0.15, -0.1) is 5.10 Å². The molecule has 2 aromatic rings. The molecule has 0 spiro atoms. The minimum Gasteiger partial charge on any atom is -0.444 e. The largest absolute Gasteiger partial charge is 0.444 e. The van der Waals surface area contributed by atoms with E-state index in [1.165, 1.54) is 0 Å². The van der Waals surface area contributed by atoms with Crippen LogP contribution in [0.1, 0.15) is 39.7 Å². The Morgan fingerprint density at radius 2 is 2.04 bits per heavy atom. The quantitative estimate of drug-likeness (QED) is 0.748. The summed E-state index contributed by atoms with van der Waals surface area (Å²) in [5.74, 6) is 0. The Kier molecular flexibility index (Phi) is 4.14. The van der Waals surface area contributed by atoms with Crippen molar-refractivity contribution in [3.05, 3.63) is 17.4 Å². The summed E-state index contributed by atoms with van der Waals surface area (Å²) < 4.78 is 7.29. The third-order valence-electron chi connectivity index (χ3n) is 3.79. The molecule has 23 heavy (non-hydrogen) atoms. The molecule has 1 amide bonds. The number of hydrogen-bond donors (Lipinski definition) is 0. The molecular weight excluding hydrogens is 318 g/mol. The molecule has 8 heteroatoms. The van der Waals surface area contributed by atoms with E-state index >= 15 is 0 Å². The fourth-order valence-corrected chi connectivity index (χ4v) is 2.86. The van der Waals surface area contributed by atoms with Gasteiger partial charge in [-0.25, -0.2) is 14.5 Å². The molecule has 3 heterocycles. The SMILES string of the molecule is CC(C)(C)OC(=O)N1CCC(n2nnc3cc(Cl)ncc32)CC1. The molecule has 0 bridgehead atoms. The van der Waals surface area contributed by atoms with Crippen LogP contribution in [-0.2, 0) is 4.74 Å². The zero-order valence-electron chi connectivity index (χ0n) is 13.5. The summed E-state index contributed by atoms with van der Waals surface area (Å²) in [5, 5.41) is 8.77. The van der Waals surface area contributed by atoms with E-state index < -0.39 is 5.60 Å². The molecule has 0 unspecified atom stereocenters. The summed E-state index contributed by atoms with van der Waals surface area (Å²) >= 11 is 5.87. The van der Waals surface area contributed by atoms with Gasteiger partial charge in [-0.05, 0) is 33.6 Å². The normalized spacial score (nSPS) is 16.8. The van der Waals surface area contributed by atoms with Gasteiger partial charge in [-0.2, -0.15) is 0 Å². The molecule has 1 saturated heterocycles. The first-order valence-electron chi connectivity index (χ1n) is 7.68. The van der Waals surface area contributed by atoms with E-state index in [1.807, 2.05) is 25.5 Å². The van der Waals surface area contributed by atoms with E-state index in [2.05, 4.69) is 15.3 Å². The third-order valence-corrected chi connectivity index (χ3v) is 3.99. The van der Waals surface area contributed by atoms with Crippen molar-refractivity contribution in [1.29, 1.82) is 0 Å². The summed E-state index contributed by atoms with van der Waals surface area (Å²) in [6, 6.07) is 1.90. The fraction of sp³-hybridized carbons (Fsp3) is 0.600. The van der Waals surface area contributed by atoms with E-state index in [9.17, 15) is 4.79 Å². The van der Waals surface area contributed by atoms with Crippen molar-refractivity contribution >= 4 is 28.7 Å². The van der Waals surface area contributed by atoms with Gasteiger partial charge in [0, 0.05) is 19.2 Å². The number of ether oxygens (including phenoxy) is 1. The van der Waals surface area contributed by atoms with Gasteiger partial charge in [0.25, 0.3) is 0 Å². The highest BCUT2D eigenvalue weighted by Gasteiger charge is 2.28. The predicted molar refractivity (Wildman–Crippen MR) is 86.4 cm³/mol. The monoisotopic (exact) mass is 337 g/mol. The molecule has 0 aromatic carbocycles. The van der Waals surface area contributed by atoms with Crippen LogP contribution in [0.2, 0.25) is 5.15 Å². The topological polar surface area (TPSA) is 73.1 Å². The molecule has 1 aliphatic rings. The highest BCUT2D eigenvalue weighted by atomic mass is 35.5. The van der Waals surface area contributed by atoms with Crippen molar-refractivity contribution in [2.24, 2.45) is 0 Å². The lowest BCUT2D eigenvalue weighted by Crippen LogP contribution is -2.42. The highest BCUT2D eigenvalue weighted by molar-refractivity contribution is 6.29. The number of rotatable bonds is 1. The van der Waals surface area contributed by atoms with Crippen molar-refractivity contribution in [3.8, 4) is 0 Å². The Hall–Kier alpha value is -1.89. The van der Waals surface area contributed by atoms with E-state index in [0.29, 0.717) is 18.2 Å². The maximum atomic E-state index is 12.1. The Bertz CT molecular complexity index is 716. The number of carbonyl (C=O) groups excluding carboxylic acids is 1. The number of fused-ring (bicyclic) bond motifs is 1.